The summed E-state index contributed by atoms with van der Waals surface area (Å²) in [6.45, 7) is 4.73. The fourth-order valence-corrected chi connectivity index (χ4v) is 6.95. The second-order valence-electron chi connectivity index (χ2n) is 17.0. The Hall–Kier alpha value is -2.19. The van der Waals surface area contributed by atoms with Gasteiger partial charge >= 0.3 is 17.9 Å². The molecule has 0 amide bonds. The quantitative estimate of drug-likeness (QED) is 0.0284. The summed E-state index contributed by atoms with van der Waals surface area (Å²) in [6, 6.07) is -0.613. The van der Waals surface area contributed by atoms with Crippen molar-refractivity contribution in [1.29, 1.82) is 0 Å². The Bertz CT molecular complexity index is 973. The lowest BCUT2D eigenvalue weighted by molar-refractivity contribution is -0.887. The van der Waals surface area contributed by atoms with Gasteiger partial charge in [0.2, 0.25) is 0 Å². The second kappa shape index (κ2) is 39.6. The van der Waals surface area contributed by atoms with Gasteiger partial charge in [-0.05, 0) is 44.9 Å². The molecule has 0 bridgehead atoms. The van der Waals surface area contributed by atoms with Crippen molar-refractivity contribution in [3.63, 3.8) is 0 Å². The molecule has 0 saturated heterocycles. The molecule has 0 aromatic heterocycles. The minimum absolute atomic E-state index is 0.0503. The second-order valence-corrected chi connectivity index (χ2v) is 17.0. The van der Waals surface area contributed by atoms with Crippen molar-refractivity contribution in [3.8, 4) is 0 Å². The maximum atomic E-state index is 12.7. The first-order valence-electron chi connectivity index (χ1n) is 23.4. The molecule has 56 heavy (non-hydrogen) atoms. The van der Waals surface area contributed by atoms with E-state index in [-0.39, 0.29) is 36.2 Å². The number of allylic oxidation sites excluding steroid dienone is 4. The van der Waals surface area contributed by atoms with Gasteiger partial charge in [-0.3, -0.25) is 9.59 Å². The molecule has 0 aliphatic heterocycles. The summed E-state index contributed by atoms with van der Waals surface area (Å²) in [6.07, 6.45) is 43.7. The first-order chi connectivity index (χ1) is 27.1. The van der Waals surface area contributed by atoms with E-state index in [1.807, 2.05) is 21.1 Å². The van der Waals surface area contributed by atoms with E-state index in [2.05, 4.69) is 38.2 Å². The van der Waals surface area contributed by atoms with E-state index in [0.29, 0.717) is 19.3 Å². The van der Waals surface area contributed by atoms with Crippen molar-refractivity contribution in [2.24, 2.45) is 0 Å². The number of carboxylic acids is 1. The number of quaternary nitrogens is 1. The summed E-state index contributed by atoms with van der Waals surface area (Å²) in [5.41, 5.74) is 0. The largest absolute Gasteiger partial charge is 0.477 e. The highest BCUT2D eigenvalue weighted by atomic mass is 16.6. The van der Waals surface area contributed by atoms with Gasteiger partial charge < -0.3 is 23.8 Å². The van der Waals surface area contributed by atoms with Gasteiger partial charge in [-0.2, -0.15) is 0 Å². The maximum Gasteiger partial charge on any atom is 0.362 e. The van der Waals surface area contributed by atoms with E-state index < -0.39 is 18.1 Å². The highest BCUT2D eigenvalue weighted by Gasteiger charge is 2.31. The number of aliphatic carboxylic acids is 1. The topological polar surface area (TPSA) is 99.1 Å². The van der Waals surface area contributed by atoms with Crippen molar-refractivity contribution < 1.29 is 38.2 Å². The van der Waals surface area contributed by atoms with E-state index in [1.54, 1.807) is 0 Å². The number of carbonyl (C=O) groups excluding carboxylic acids is 2. The van der Waals surface area contributed by atoms with Crippen LogP contribution in [-0.2, 0) is 28.6 Å². The molecule has 0 saturated carbocycles. The van der Waals surface area contributed by atoms with Gasteiger partial charge in [-0.15, -0.1) is 0 Å². The predicted molar refractivity (Wildman–Crippen MR) is 234 cm³/mol. The summed E-state index contributed by atoms with van der Waals surface area (Å²) in [5.74, 6) is -1.47. The van der Waals surface area contributed by atoms with Crippen LogP contribution in [-0.4, -0.2) is 80.6 Å². The van der Waals surface area contributed by atoms with Gasteiger partial charge in [0.05, 0.1) is 34.4 Å². The van der Waals surface area contributed by atoms with Crippen molar-refractivity contribution in [2.45, 2.75) is 225 Å². The molecule has 0 aromatic carbocycles. The molecule has 8 nitrogen and oxygen atoms in total. The van der Waals surface area contributed by atoms with Crippen molar-refractivity contribution in [1.82, 2.24) is 0 Å². The molecular weight excluding hydrogens is 703 g/mol. The summed E-state index contributed by atoms with van der Waals surface area (Å²) >= 11 is 0. The lowest BCUT2D eigenvalue weighted by Gasteiger charge is -2.31. The van der Waals surface area contributed by atoms with Gasteiger partial charge in [-0.1, -0.05) is 173 Å². The summed E-state index contributed by atoms with van der Waals surface area (Å²) < 4.78 is 17.3. The molecular formula is C48H90NO7+. The van der Waals surface area contributed by atoms with Crippen LogP contribution in [0.1, 0.15) is 213 Å². The summed E-state index contributed by atoms with van der Waals surface area (Å²) in [7, 11) is 5.53. The number of carboxylic acid groups (broad SMARTS) is 1. The first kappa shape index (κ1) is 53.8. The van der Waals surface area contributed by atoms with Crippen molar-refractivity contribution in [3.05, 3.63) is 24.3 Å². The Balaban J connectivity index is 4.24. The molecule has 328 valence electrons. The van der Waals surface area contributed by atoms with Crippen LogP contribution in [0, 0.1) is 0 Å². The molecule has 0 rings (SSSR count). The van der Waals surface area contributed by atoms with Gasteiger partial charge in [0.1, 0.15) is 6.61 Å². The number of hydrogen-bond acceptors (Lipinski definition) is 6. The minimum atomic E-state index is -0.875. The predicted octanol–water partition coefficient (Wildman–Crippen LogP) is 12.9. The van der Waals surface area contributed by atoms with Crippen LogP contribution >= 0.6 is 0 Å². The van der Waals surface area contributed by atoms with Crippen molar-refractivity contribution >= 4 is 17.9 Å². The zero-order chi connectivity index (χ0) is 41.4. The Labute approximate surface area is 345 Å². The van der Waals surface area contributed by atoms with Gasteiger partial charge in [-0.25, -0.2) is 4.79 Å². The molecule has 2 atom stereocenters. The third kappa shape index (κ3) is 37.4. The zero-order valence-electron chi connectivity index (χ0n) is 37.3. The molecule has 2 unspecified atom stereocenters. The Kier molecular flexibility index (Phi) is 38.1. The lowest BCUT2D eigenvalue weighted by atomic mass is 10.1. The van der Waals surface area contributed by atoms with Crippen molar-refractivity contribution in [2.75, 3.05) is 41.0 Å². The number of rotatable bonds is 42. The molecule has 0 heterocycles. The Morgan fingerprint density at radius 3 is 1.38 bits per heavy atom. The van der Waals surface area contributed by atoms with Crippen LogP contribution in [0.2, 0.25) is 0 Å². The van der Waals surface area contributed by atoms with Crippen LogP contribution in [0.3, 0.4) is 0 Å². The van der Waals surface area contributed by atoms with Gasteiger partial charge in [0.15, 0.2) is 12.1 Å². The normalized spacial score (nSPS) is 13.1. The number of likely N-dealkylation sites (N-methyl/N-ethyl adjacent to an activating group) is 1. The molecule has 0 aromatic rings. The molecule has 0 aliphatic carbocycles. The van der Waals surface area contributed by atoms with Gasteiger partial charge in [0.25, 0.3) is 0 Å². The van der Waals surface area contributed by atoms with E-state index in [0.717, 1.165) is 51.4 Å². The van der Waals surface area contributed by atoms with Crippen LogP contribution < -0.4 is 0 Å². The minimum Gasteiger partial charge on any atom is -0.477 e. The number of unbranched alkanes of at least 4 members (excludes halogenated alkanes) is 24. The molecule has 1 N–H and O–H groups in total. The Morgan fingerprint density at radius 1 is 0.536 bits per heavy atom. The standard InChI is InChI=1S/C48H89NO7/c1-6-8-10-12-14-16-18-19-20-21-22-23-24-25-26-27-28-29-31-33-35-37-39-47(51)56-44(42-54-41-40-45(48(52)53)49(3,4)5)43-55-46(50)38-36-34-32-30-17-15-13-11-9-7-2/h21-22,24-25,44-45H,6-20,23,26-43H2,1-5H3/p+1/b22-21+,25-24+. The SMILES string of the molecule is CCCCCCCCCC/C=C/C/C=C/CCCCCCCCCC(=O)OC(COCCC(C(=O)O)[N+](C)(C)C)COC(=O)CCCCCCCCCCCC. The molecule has 8 heteroatoms. The number of carbonyl (C=O) groups is 3. The average molecular weight is 793 g/mol. The highest BCUT2D eigenvalue weighted by Crippen LogP contribution is 2.15. The fourth-order valence-electron chi connectivity index (χ4n) is 6.95. The molecule has 0 spiro atoms. The summed E-state index contributed by atoms with van der Waals surface area (Å²) in [5, 5.41) is 9.61. The number of nitrogens with zero attached hydrogens (tertiary/aromatic N) is 1. The first-order valence-corrected chi connectivity index (χ1v) is 23.4. The van der Waals surface area contributed by atoms with Crippen LogP contribution in [0.25, 0.3) is 0 Å². The smallest absolute Gasteiger partial charge is 0.362 e. The van der Waals surface area contributed by atoms with E-state index in [4.69, 9.17) is 14.2 Å². The van der Waals surface area contributed by atoms with E-state index in [1.165, 1.54) is 128 Å². The summed E-state index contributed by atoms with van der Waals surface area (Å²) in [4.78, 5) is 36.9. The van der Waals surface area contributed by atoms with Crippen LogP contribution in [0.5, 0.6) is 0 Å². The molecule has 0 aliphatic rings. The monoisotopic (exact) mass is 793 g/mol. The lowest BCUT2D eigenvalue weighted by Crippen LogP contribution is -2.50. The number of esters is 2. The van der Waals surface area contributed by atoms with E-state index >= 15 is 0 Å². The van der Waals surface area contributed by atoms with Crippen LogP contribution in [0.15, 0.2) is 24.3 Å². The number of hydrogen-bond donors (Lipinski definition) is 1. The average Bonchev–Trinajstić information content (AvgIpc) is 3.15. The third-order valence-electron chi connectivity index (χ3n) is 10.6. The highest BCUT2D eigenvalue weighted by molar-refractivity contribution is 5.72. The number of ether oxygens (including phenoxy) is 3. The molecule has 0 fully saturated rings. The van der Waals surface area contributed by atoms with Gasteiger partial charge in [0, 0.05) is 19.3 Å². The zero-order valence-corrected chi connectivity index (χ0v) is 37.3. The third-order valence-corrected chi connectivity index (χ3v) is 10.6. The fraction of sp³-hybridized carbons (Fsp3) is 0.854. The maximum absolute atomic E-state index is 12.7. The Morgan fingerprint density at radius 2 is 0.946 bits per heavy atom. The van der Waals surface area contributed by atoms with Crippen LogP contribution in [0.4, 0.5) is 0 Å². The molecule has 0 radical (unpaired) electrons. The van der Waals surface area contributed by atoms with E-state index in [9.17, 15) is 19.5 Å².